The minimum absolute atomic E-state index is 0.0517. The van der Waals surface area contributed by atoms with Gasteiger partial charge in [0.15, 0.2) is 0 Å². The fraction of sp³-hybridized carbons (Fsp3) is 0.625. The molecule has 0 amide bonds. The van der Waals surface area contributed by atoms with Gasteiger partial charge >= 0.3 is 0 Å². The van der Waals surface area contributed by atoms with Crippen molar-refractivity contribution >= 4 is 0 Å². The van der Waals surface area contributed by atoms with Crippen LogP contribution < -0.4 is 5.32 Å². The first-order valence-corrected chi connectivity index (χ1v) is 7.31. The van der Waals surface area contributed by atoms with Gasteiger partial charge in [-0.3, -0.25) is 0 Å². The predicted molar refractivity (Wildman–Crippen MR) is 79.1 cm³/mol. The molecule has 2 atom stereocenters. The minimum Gasteiger partial charge on any atom is -0.394 e. The number of aliphatic hydroxyl groups excluding tert-OH is 1. The molecule has 1 aromatic rings. The van der Waals surface area contributed by atoms with Crippen molar-refractivity contribution in [2.75, 3.05) is 26.7 Å². The molecule has 1 aliphatic heterocycles. The first kappa shape index (κ1) is 14.5. The van der Waals surface area contributed by atoms with Crippen LogP contribution >= 0.6 is 0 Å². The third-order valence-corrected chi connectivity index (χ3v) is 4.32. The van der Waals surface area contributed by atoms with E-state index in [4.69, 9.17) is 0 Å². The molecular formula is C16H26N2O. The summed E-state index contributed by atoms with van der Waals surface area (Å²) in [5, 5.41) is 13.2. The Hall–Kier alpha value is -0.900. The van der Waals surface area contributed by atoms with E-state index in [2.05, 4.69) is 36.3 Å². The van der Waals surface area contributed by atoms with Crippen LogP contribution in [0.2, 0.25) is 0 Å². The summed E-state index contributed by atoms with van der Waals surface area (Å²) in [4.78, 5) is 2.39. The number of benzene rings is 1. The summed E-state index contributed by atoms with van der Waals surface area (Å²) in [6.45, 7) is 4.78. The van der Waals surface area contributed by atoms with Crippen LogP contribution in [0.3, 0.4) is 0 Å². The van der Waals surface area contributed by atoms with Crippen molar-refractivity contribution < 1.29 is 5.11 Å². The van der Waals surface area contributed by atoms with E-state index in [0.29, 0.717) is 12.0 Å². The first-order chi connectivity index (χ1) is 9.20. The molecule has 0 aromatic heterocycles. The van der Waals surface area contributed by atoms with E-state index in [-0.39, 0.29) is 12.6 Å². The number of aliphatic hydroxyl groups is 1. The van der Waals surface area contributed by atoms with E-state index in [0.717, 1.165) is 0 Å². The Balaban J connectivity index is 1.91. The van der Waals surface area contributed by atoms with Gasteiger partial charge in [-0.2, -0.15) is 0 Å². The fourth-order valence-corrected chi connectivity index (χ4v) is 2.92. The number of rotatable bonds is 5. The van der Waals surface area contributed by atoms with Crippen LogP contribution in [0.4, 0.5) is 0 Å². The van der Waals surface area contributed by atoms with Gasteiger partial charge in [0.05, 0.1) is 12.6 Å². The Bertz CT molecular complexity index is 360. The predicted octanol–water partition coefficient (Wildman–Crippen LogP) is 2.04. The lowest BCUT2D eigenvalue weighted by atomic mass is 9.89. The summed E-state index contributed by atoms with van der Waals surface area (Å²) in [5.74, 6) is 0.717. The lowest BCUT2D eigenvalue weighted by Gasteiger charge is -2.34. The normalized spacial score (nSPS) is 21.2. The average Bonchev–Trinajstić information content (AvgIpc) is 2.46. The number of piperidine rings is 1. The number of nitrogens with zero attached hydrogens (tertiary/aromatic N) is 1. The van der Waals surface area contributed by atoms with Gasteiger partial charge in [-0.15, -0.1) is 0 Å². The van der Waals surface area contributed by atoms with Crippen molar-refractivity contribution in [2.45, 2.75) is 31.8 Å². The highest BCUT2D eigenvalue weighted by Crippen LogP contribution is 2.22. The van der Waals surface area contributed by atoms with Crippen LogP contribution in [0.25, 0.3) is 0 Å². The minimum atomic E-state index is 0.0517. The third kappa shape index (κ3) is 4.03. The Morgan fingerprint density at radius 3 is 2.47 bits per heavy atom. The van der Waals surface area contributed by atoms with Crippen LogP contribution in [0.5, 0.6) is 0 Å². The SMILES string of the molecule is CC(N[C@@H](CO)c1ccccc1)C1CCN(C)CC1. The maximum atomic E-state index is 9.60. The number of likely N-dealkylation sites (tertiary alicyclic amines) is 1. The maximum Gasteiger partial charge on any atom is 0.0626 e. The lowest BCUT2D eigenvalue weighted by Crippen LogP contribution is -2.42. The van der Waals surface area contributed by atoms with Crippen LogP contribution in [0.15, 0.2) is 30.3 Å². The molecule has 1 aliphatic rings. The Morgan fingerprint density at radius 1 is 1.26 bits per heavy atom. The molecule has 2 N–H and O–H groups in total. The summed E-state index contributed by atoms with van der Waals surface area (Å²) in [6.07, 6.45) is 2.50. The van der Waals surface area contributed by atoms with Crippen molar-refractivity contribution in [3.05, 3.63) is 35.9 Å². The first-order valence-electron chi connectivity index (χ1n) is 7.31. The highest BCUT2D eigenvalue weighted by atomic mass is 16.3. The quantitative estimate of drug-likeness (QED) is 0.852. The smallest absolute Gasteiger partial charge is 0.0626 e. The number of hydrogen-bond donors (Lipinski definition) is 2. The molecule has 2 rings (SSSR count). The average molecular weight is 262 g/mol. The molecule has 3 heteroatoms. The van der Waals surface area contributed by atoms with Gasteiger partial charge in [0.2, 0.25) is 0 Å². The second kappa shape index (κ2) is 7.04. The highest BCUT2D eigenvalue weighted by molar-refractivity contribution is 5.19. The van der Waals surface area contributed by atoms with Crippen molar-refractivity contribution in [2.24, 2.45) is 5.92 Å². The summed E-state index contributed by atoms with van der Waals surface area (Å²) in [5.41, 5.74) is 1.17. The fourth-order valence-electron chi connectivity index (χ4n) is 2.92. The van der Waals surface area contributed by atoms with E-state index < -0.39 is 0 Å². The third-order valence-electron chi connectivity index (χ3n) is 4.32. The molecule has 106 valence electrons. The second-order valence-corrected chi connectivity index (χ2v) is 5.74. The molecule has 0 saturated carbocycles. The Labute approximate surface area is 116 Å². The summed E-state index contributed by atoms with van der Waals surface area (Å²) in [6, 6.07) is 10.7. The molecule has 3 nitrogen and oxygen atoms in total. The molecule has 19 heavy (non-hydrogen) atoms. The Kier molecular flexibility index (Phi) is 5.37. The molecule has 1 heterocycles. The van der Waals surface area contributed by atoms with E-state index in [1.165, 1.54) is 31.5 Å². The highest BCUT2D eigenvalue weighted by Gasteiger charge is 2.24. The van der Waals surface area contributed by atoms with Gasteiger partial charge in [-0.05, 0) is 51.4 Å². The molecule has 0 aliphatic carbocycles. The zero-order valence-corrected chi connectivity index (χ0v) is 12.0. The molecular weight excluding hydrogens is 236 g/mol. The molecule has 1 aromatic carbocycles. The van der Waals surface area contributed by atoms with Gasteiger partial charge in [0, 0.05) is 6.04 Å². The van der Waals surface area contributed by atoms with Crippen LogP contribution in [-0.2, 0) is 0 Å². The standard InChI is InChI=1S/C16H26N2O/c1-13(14-8-10-18(2)11-9-14)17-16(12-19)15-6-4-3-5-7-15/h3-7,13-14,16-17,19H,8-12H2,1-2H3/t13?,16-/m0/s1. The van der Waals surface area contributed by atoms with Gasteiger partial charge < -0.3 is 15.3 Å². The van der Waals surface area contributed by atoms with E-state index >= 15 is 0 Å². The lowest BCUT2D eigenvalue weighted by molar-refractivity contribution is 0.168. The van der Waals surface area contributed by atoms with Crippen molar-refractivity contribution in [3.63, 3.8) is 0 Å². The topological polar surface area (TPSA) is 35.5 Å². The molecule has 1 fully saturated rings. The molecule has 0 bridgehead atoms. The zero-order chi connectivity index (χ0) is 13.7. The van der Waals surface area contributed by atoms with Crippen LogP contribution in [0, 0.1) is 5.92 Å². The molecule has 0 radical (unpaired) electrons. The van der Waals surface area contributed by atoms with E-state index in [1.807, 2.05) is 18.2 Å². The van der Waals surface area contributed by atoms with Gasteiger partial charge in [0.25, 0.3) is 0 Å². The van der Waals surface area contributed by atoms with Gasteiger partial charge in [0.1, 0.15) is 0 Å². The van der Waals surface area contributed by atoms with Crippen molar-refractivity contribution in [3.8, 4) is 0 Å². The number of hydrogen-bond acceptors (Lipinski definition) is 3. The zero-order valence-electron chi connectivity index (χ0n) is 12.0. The molecule has 0 spiro atoms. The largest absolute Gasteiger partial charge is 0.394 e. The van der Waals surface area contributed by atoms with Gasteiger partial charge in [-0.25, -0.2) is 0 Å². The maximum absolute atomic E-state index is 9.60. The van der Waals surface area contributed by atoms with E-state index in [1.54, 1.807) is 0 Å². The van der Waals surface area contributed by atoms with Crippen molar-refractivity contribution in [1.29, 1.82) is 0 Å². The van der Waals surface area contributed by atoms with Gasteiger partial charge in [-0.1, -0.05) is 30.3 Å². The molecule has 1 saturated heterocycles. The van der Waals surface area contributed by atoms with Crippen LogP contribution in [0.1, 0.15) is 31.4 Å². The number of nitrogens with one attached hydrogen (secondary N) is 1. The summed E-state index contributed by atoms with van der Waals surface area (Å²) >= 11 is 0. The van der Waals surface area contributed by atoms with E-state index in [9.17, 15) is 5.11 Å². The Morgan fingerprint density at radius 2 is 1.89 bits per heavy atom. The summed E-state index contributed by atoms with van der Waals surface area (Å²) < 4.78 is 0. The summed E-state index contributed by atoms with van der Waals surface area (Å²) in [7, 11) is 2.19. The molecule has 1 unspecified atom stereocenters. The van der Waals surface area contributed by atoms with Crippen molar-refractivity contribution in [1.82, 2.24) is 10.2 Å². The monoisotopic (exact) mass is 262 g/mol. The van der Waals surface area contributed by atoms with Crippen LogP contribution in [-0.4, -0.2) is 42.8 Å². The second-order valence-electron chi connectivity index (χ2n) is 5.74.